The molecule has 0 amide bonds. The molecular weight excluding hydrogens is 270 g/mol. The van der Waals surface area contributed by atoms with Crippen molar-refractivity contribution in [2.45, 2.75) is 6.42 Å². The van der Waals surface area contributed by atoms with E-state index in [9.17, 15) is 5.21 Å². The smallest absolute Gasteiger partial charge is 0.0911 e. The monoisotopic (exact) mass is 287 g/mol. The number of nitrogens with zero attached hydrogens (tertiary/aromatic N) is 1. The van der Waals surface area contributed by atoms with Gasteiger partial charge in [-0.15, -0.1) is 0 Å². The maximum Gasteiger partial charge on any atom is 0.0911 e. The first-order chi connectivity index (χ1) is 10.9. The second-order valence-electron chi connectivity index (χ2n) is 5.15. The summed E-state index contributed by atoms with van der Waals surface area (Å²) in [6.07, 6.45) is 0.613. The van der Waals surface area contributed by atoms with Gasteiger partial charge in [0.1, 0.15) is 0 Å². The van der Waals surface area contributed by atoms with Gasteiger partial charge in [0.15, 0.2) is 0 Å². The Bertz CT molecular complexity index is 747. The molecule has 0 spiro atoms. The highest BCUT2D eigenvalue weighted by Gasteiger charge is 2.06. The first kappa shape index (κ1) is 14.1. The summed E-state index contributed by atoms with van der Waals surface area (Å²) >= 11 is 0. The third-order valence-electron chi connectivity index (χ3n) is 3.66. The Labute approximate surface area is 130 Å². The van der Waals surface area contributed by atoms with Gasteiger partial charge in [-0.3, -0.25) is 0 Å². The van der Waals surface area contributed by atoms with Gasteiger partial charge < -0.3 is 5.21 Å². The fourth-order valence-electron chi connectivity index (χ4n) is 2.47. The van der Waals surface area contributed by atoms with Crippen LogP contribution in [0.5, 0.6) is 0 Å². The Hall–Kier alpha value is -2.87. The third kappa shape index (κ3) is 3.23. The summed E-state index contributed by atoms with van der Waals surface area (Å²) in [5, 5.41) is 12.8. The van der Waals surface area contributed by atoms with Crippen LogP contribution in [0.15, 0.2) is 90.1 Å². The van der Waals surface area contributed by atoms with E-state index in [1.165, 1.54) is 5.56 Å². The Morgan fingerprint density at radius 2 is 1.23 bits per heavy atom. The van der Waals surface area contributed by atoms with Crippen molar-refractivity contribution in [1.82, 2.24) is 0 Å². The fraction of sp³-hybridized carbons (Fsp3) is 0.0500. The molecule has 0 aromatic heterocycles. The molecule has 0 radical (unpaired) electrons. The van der Waals surface area contributed by atoms with Crippen LogP contribution in [0.1, 0.15) is 11.1 Å². The highest BCUT2D eigenvalue weighted by atomic mass is 16.4. The molecule has 0 saturated carbocycles. The van der Waals surface area contributed by atoms with Crippen molar-refractivity contribution in [3.63, 3.8) is 0 Å². The Balaban J connectivity index is 1.82. The topological polar surface area (TPSA) is 32.6 Å². The van der Waals surface area contributed by atoms with E-state index in [2.05, 4.69) is 29.4 Å². The normalized spacial score (nSPS) is 11.4. The molecular formula is C20H17NO. The number of benzene rings is 3. The summed E-state index contributed by atoms with van der Waals surface area (Å²) in [6.45, 7) is 0. The SMILES string of the molecule is O/N=C(\Cc1ccccc1)c1ccc(-c2ccccc2)cc1. The predicted octanol–water partition coefficient (Wildman–Crippen LogP) is 4.77. The molecule has 0 aliphatic carbocycles. The van der Waals surface area contributed by atoms with E-state index < -0.39 is 0 Å². The molecule has 0 aliphatic rings. The summed E-state index contributed by atoms with van der Waals surface area (Å²) in [5.74, 6) is 0. The molecule has 1 N–H and O–H groups in total. The van der Waals surface area contributed by atoms with Crippen molar-refractivity contribution in [3.05, 3.63) is 96.1 Å². The lowest BCUT2D eigenvalue weighted by atomic mass is 9.99. The minimum absolute atomic E-state index is 0.613. The Morgan fingerprint density at radius 3 is 1.82 bits per heavy atom. The lowest BCUT2D eigenvalue weighted by Crippen LogP contribution is -2.05. The molecule has 0 fully saturated rings. The molecule has 0 aliphatic heterocycles. The van der Waals surface area contributed by atoms with Crippen molar-refractivity contribution >= 4 is 5.71 Å². The molecule has 0 unspecified atom stereocenters. The summed E-state index contributed by atoms with van der Waals surface area (Å²) in [5.41, 5.74) is 5.07. The van der Waals surface area contributed by atoms with Crippen LogP contribution in [-0.4, -0.2) is 10.9 Å². The standard InChI is InChI=1S/C20H17NO/c22-21-20(15-16-7-3-1-4-8-16)19-13-11-18(12-14-19)17-9-5-2-6-10-17/h1-14,22H,15H2/b21-20+. The summed E-state index contributed by atoms with van der Waals surface area (Å²) in [6, 6.07) is 28.4. The lowest BCUT2D eigenvalue weighted by Gasteiger charge is -2.07. The largest absolute Gasteiger partial charge is 0.411 e. The van der Waals surface area contributed by atoms with Gasteiger partial charge in [-0.05, 0) is 22.3 Å². The number of rotatable bonds is 4. The predicted molar refractivity (Wildman–Crippen MR) is 90.3 cm³/mol. The molecule has 0 bridgehead atoms. The first-order valence-electron chi connectivity index (χ1n) is 7.27. The fourth-order valence-corrected chi connectivity index (χ4v) is 2.47. The maximum atomic E-state index is 9.32. The van der Waals surface area contributed by atoms with E-state index in [0.29, 0.717) is 12.1 Å². The molecule has 3 aromatic carbocycles. The molecule has 2 heteroatoms. The zero-order chi connectivity index (χ0) is 15.2. The lowest BCUT2D eigenvalue weighted by molar-refractivity contribution is 0.318. The van der Waals surface area contributed by atoms with E-state index >= 15 is 0 Å². The van der Waals surface area contributed by atoms with Gasteiger partial charge >= 0.3 is 0 Å². The van der Waals surface area contributed by atoms with Crippen LogP contribution in [0.25, 0.3) is 11.1 Å². The van der Waals surface area contributed by atoms with Crippen LogP contribution in [0, 0.1) is 0 Å². The second-order valence-corrected chi connectivity index (χ2v) is 5.15. The van der Waals surface area contributed by atoms with Gasteiger partial charge in [-0.25, -0.2) is 0 Å². The van der Waals surface area contributed by atoms with Crippen molar-refractivity contribution in [1.29, 1.82) is 0 Å². The zero-order valence-corrected chi connectivity index (χ0v) is 12.2. The molecule has 3 rings (SSSR count). The highest BCUT2D eigenvalue weighted by molar-refractivity contribution is 6.01. The van der Waals surface area contributed by atoms with Crippen molar-refractivity contribution in [2.24, 2.45) is 5.16 Å². The van der Waals surface area contributed by atoms with E-state index in [-0.39, 0.29) is 0 Å². The van der Waals surface area contributed by atoms with Crippen molar-refractivity contribution in [2.75, 3.05) is 0 Å². The maximum absolute atomic E-state index is 9.32. The molecule has 3 aromatic rings. The molecule has 108 valence electrons. The minimum atomic E-state index is 0.613. The summed E-state index contributed by atoms with van der Waals surface area (Å²) in [4.78, 5) is 0. The quantitative estimate of drug-likeness (QED) is 0.418. The first-order valence-corrected chi connectivity index (χ1v) is 7.27. The van der Waals surface area contributed by atoms with Crippen LogP contribution in [0.2, 0.25) is 0 Å². The van der Waals surface area contributed by atoms with Gasteiger partial charge in [0.25, 0.3) is 0 Å². The van der Waals surface area contributed by atoms with Gasteiger partial charge in [0.05, 0.1) is 5.71 Å². The second kappa shape index (κ2) is 6.72. The number of hydrogen-bond acceptors (Lipinski definition) is 2. The van der Waals surface area contributed by atoms with Crippen LogP contribution in [0.3, 0.4) is 0 Å². The van der Waals surface area contributed by atoms with Gasteiger partial charge in [0, 0.05) is 6.42 Å². The van der Waals surface area contributed by atoms with E-state index in [0.717, 1.165) is 16.7 Å². The average Bonchev–Trinajstić information content (AvgIpc) is 2.61. The molecule has 0 saturated heterocycles. The molecule has 22 heavy (non-hydrogen) atoms. The van der Waals surface area contributed by atoms with Crippen molar-refractivity contribution in [3.8, 4) is 11.1 Å². The number of hydrogen-bond donors (Lipinski definition) is 1. The third-order valence-corrected chi connectivity index (χ3v) is 3.66. The number of oxime groups is 1. The zero-order valence-electron chi connectivity index (χ0n) is 12.2. The van der Waals surface area contributed by atoms with Gasteiger partial charge in [-0.1, -0.05) is 90.1 Å². The highest BCUT2D eigenvalue weighted by Crippen LogP contribution is 2.20. The van der Waals surface area contributed by atoms with E-state index in [1.54, 1.807) is 0 Å². The van der Waals surface area contributed by atoms with E-state index in [1.807, 2.05) is 60.7 Å². The molecule has 0 atom stereocenters. The molecule has 0 heterocycles. The Kier molecular flexibility index (Phi) is 4.30. The van der Waals surface area contributed by atoms with Crippen molar-refractivity contribution < 1.29 is 5.21 Å². The van der Waals surface area contributed by atoms with E-state index in [4.69, 9.17) is 0 Å². The average molecular weight is 287 g/mol. The van der Waals surface area contributed by atoms with Gasteiger partial charge in [-0.2, -0.15) is 0 Å². The summed E-state index contributed by atoms with van der Waals surface area (Å²) in [7, 11) is 0. The molecule has 2 nitrogen and oxygen atoms in total. The van der Waals surface area contributed by atoms with Crippen LogP contribution >= 0.6 is 0 Å². The summed E-state index contributed by atoms with van der Waals surface area (Å²) < 4.78 is 0. The van der Waals surface area contributed by atoms with Crippen LogP contribution in [-0.2, 0) is 6.42 Å². The van der Waals surface area contributed by atoms with Crippen LogP contribution < -0.4 is 0 Å². The van der Waals surface area contributed by atoms with Crippen LogP contribution in [0.4, 0.5) is 0 Å². The van der Waals surface area contributed by atoms with Gasteiger partial charge in [0.2, 0.25) is 0 Å². The minimum Gasteiger partial charge on any atom is -0.411 e. The Morgan fingerprint density at radius 1 is 0.682 bits per heavy atom.